The second-order valence-corrected chi connectivity index (χ2v) is 4.00. The number of fused-ring (bicyclic) bond motifs is 1. The largest absolute Gasteiger partial charge is 0.469 e. The van der Waals surface area contributed by atoms with Crippen molar-refractivity contribution >= 4 is 11.8 Å². The first-order chi connectivity index (χ1) is 6.24. The van der Waals surface area contributed by atoms with Gasteiger partial charge in [0.05, 0.1) is 13.0 Å². The highest BCUT2D eigenvalue weighted by atomic mass is 16.5. The number of carbonyl (C=O) groups excluding carboxylic acids is 2. The van der Waals surface area contributed by atoms with Crippen LogP contribution in [0.3, 0.4) is 0 Å². The molecule has 0 saturated heterocycles. The highest BCUT2D eigenvalue weighted by Gasteiger charge is 2.47. The fourth-order valence-electron chi connectivity index (χ4n) is 2.80. The van der Waals surface area contributed by atoms with Gasteiger partial charge in [-0.25, -0.2) is 0 Å². The number of carbonyl (C=O) groups is 2. The average Bonchev–Trinajstić information content (AvgIpc) is 2.68. The molecule has 2 aliphatic rings. The zero-order valence-electron chi connectivity index (χ0n) is 7.79. The molecule has 13 heavy (non-hydrogen) atoms. The molecule has 0 radical (unpaired) electrons. The lowest BCUT2D eigenvalue weighted by atomic mass is 9.91. The van der Waals surface area contributed by atoms with Crippen LogP contribution in [-0.2, 0) is 14.3 Å². The highest BCUT2D eigenvalue weighted by molar-refractivity contribution is 5.89. The van der Waals surface area contributed by atoms with E-state index < -0.39 is 0 Å². The van der Waals surface area contributed by atoms with Crippen molar-refractivity contribution in [2.45, 2.75) is 25.7 Å². The molecule has 2 aliphatic carbocycles. The van der Waals surface area contributed by atoms with E-state index in [9.17, 15) is 9.59 Å². The minimum Gasteiger partial charge on any atom is -0.469 e. The monoisotopic (exact) mass is 182 g/mol. The molecule has 2 saturated carbocycles. The van der Waals surface area contributed by atoms with Gasteiger partial charge in [-0.15, -0.1) is 0 Å². The van der Waals surface area contributed by atoms with Gasteiger partial charge >= 0.3 is 5.97 Å². The fraction of sp³-hybridized carbons (Fsp3) is 0.800. The lowest BCUT2D eigenvalue weighted by Gasteiger charge is -2.14. The van der Waals surface area contributed by atoms with E-state index in [1.807, 2.05) is 0 Å². The summed E-state index contributed by atoms with van der Waals surface area (Å²) < 4.78 is 4.70. The Labute approximate surface area is 77.4 Å². The van der Waals surface area contributed by atoms with Gasteiger partial charge in [0.25, 0.3) is 0 Å². The maximum atomic E-state index is 11.5. The van der Waals surface area contributed by atoms with Gasteiger partial charge in [-0.1, -0.05) is 0 Å². The summed E-state index contributed by atoms with van der Waals surface area (Å²) >= 11 is 0. The van der Waals surface area contributed by atoms with Crippen molar-refractivity contribution in [3.8, 4) is 0 Å². The molecule has 0 bridgehead atoms. The first-order valence-electron chi connectivity index (χ1n) is 4.84. The average molecular weight is 182 g/mol. The Bertz CT molecular complexity index is 247. The Morgan fingerprint density at radius 3 is 2.85 bits per heavy atom. The number of ketones is 1. The molecule has 0 spiro atoms. The van der Waals surface area contributed by atoms with Gasteiger partial charge in [0.15, 0.2) is 0 Å². The van der Waals surface area contributed by atoms with Gasteiger partial charge in [0.1, 0.15) is 5.78 Å². The Hall–Kier alpha value is -0.860. The molecule has 0 aromatic heterocycles. The molecular formula is C10H14O3. The van der Waals surface area contributed by atoms with E-state index in [0.29, 0.717) is 12.3 Å². The summed E-state index contributed by atoms with van der Waals surface area (Å²) in [7, 11) is 1.40. The van der Waals surface area contributed by atoms with E-state index in [4.69, 9.17) is 4.74 Å². The second kappa shape index (κ2) is 3.13. The predicted octanol–water partition coefficient (Wildman–Crippen LogP) is 1.16. The molecule has 3 heteroatoms. The number of hydrogen-bond donors (Lipinski definition) is 0. The van der Waals surface area contributed by atoms with E-state index in [0.717, 1.165) is 19.3 Å². The number of hydrogen-bond acceptors (Lipinski definition) is 3. The van der Waals surface area contributed by atoms with Gasteiger partial charge in [-0.05, 0) is 25.2 Å². The Morgan fingerprint density at radius 2 is 2.15 bits per heavy atom. The van der Waals surface area contributed by atoms with Crippen molar-refractivity contribution in [3.63, 3.8) is 0 Å². The molecule has 72 valence electrons. The normalized spacial score (nSPS) is 37.6. The van der Waals surface area contributed by atoms with Crippen LogP contribution in [0.25, 0.3) is 0 Å². The van der Waals surface area contributed by atoms with E-state index in [-0.39, 0.29) is 23.6 Å². The molecule has 0 aromatic carbocycles. The van der Waals surface area contributed by atoms with Gasteiger partial charge in [0, 0.05) is 12.3 Å². The molecule has 2 rings (SSSR count). The fourth-order valence-corrected chi connectivity index (χ4v) is 2.80. The third-order valence-electron chi connectivity index (χ3n) is 3.43. The van der Waals surface area contributed by atoms with E-state index in [1.165, 1.54) is 7.11 Å². The number of ether oxygens (including phenoxy) is 1. The Morgan fingerprint density at radius 1 is 1.38 bits per heavy atom. The van der Waals surface area contributed by atoms with Crippen LogP contribution in [0.5, 0.6) is 0 Å². The van der Waals surface area contributed by atoms with Crippen LogP contribution < -0.4 is 0 Å². The molecule has 0 N–H and O–H groups in total. The second-order valence-electron chi connectivity index (χ2n) is 4.00. The van der Waals surface area contributed by atoms with Gasteiger partial charge in [-0.3, -0.25) is 9.59 Å². The first-order valence-corrected chi connectivity index (χ1v) is 4.84. The number of esters is 1. The molecule has 0 amide bonds. The molecule has 3 nitrogen and oxygen atoms in total. The summed E-state index contributed by atoms with van der Waals surface area (Å²) in [6, 6.07) is 0. The Kier molecular flexibility index (Phi) is 2.10. The molecule has 0 heterocycles. The topological polar surface area (TPSA) is 43.4 Å². The number of methoxy groups -OCH3 is 1. The minimum atomic E-state index is -0.192. The van der Waals surface area contributed by atoms with Crippen molar-refractivity contribution in [2.75, 3.05) is 7.11 Å². The van der Waals surface area contributed by atoms with Crippen LogP contribution in [0.4, 0.5) is 0 Å². The van der Waals surface area contributed by atoms with Gasteiger partial charge in [-0.2, -0.15) is 0 Å². The van der Waals surface area contributed by atoms with Crippen LogP contribution in [-0.4, -0.2) is 18.9 Å². The van der Waals surface area contributed by atoms with Crippen molar-refractivity contribution in [1.29, 1.82) is 0 Å². The minimum absolute atomic E-state index is 0.00699. The number of Topliss-reactive ketones (excluding diaryl/α,β-unsaturated/α-hetero) is 1. The van der Waals surface area contributed by atoms with Crippen LogP contribution in [0, 0.1) is 17.8 Å². The van der Waals surface area contributed by atoms with Crippen molar-refractivity contribution < 1.29 is 14.3 Å². The predicted molar refractivity (Wildman–Crippen MR) is 46.0 cm³/mol. The molecule has 0 aromatic rings. The maximum absolute atomic E-state index is 11.5. The smallest absolute Gasteiger partial charge is 0.309 e. The van der Waals surface area contributed by atoms with Crippen molar-refractivity contribution in [2.24, 2.45) is 17.8 Å². The van der Waals surface area contributed by atoms with Crippen LogP contribution in [0.2, 0.25) is 0 Å². The maximum Gasteiger partial charge on any atom is 0.309 e. The first kappa shape index (κ1) is 8.73. The standard InChI is InChI=1S/C10H14O3/c1-13-10(12)7-4-2-6-3-5-8(11)9(6)7/h6-7,9H,2-5H2,1H3/t6-,7+,9+/m1/s1. The van der Waals surface area contributed by atoms with E-state index in [2.05, 4.69) is 0 Å². The summed E-state index contributed by atoms with van der Waals surface area (Å²) in [6.07, 6.45) is 3.52. The molecule has 2 fully saturated rings. The van der Waals surface area contributed by atoms with E-state index >= 15 is 0 Å². The lowest BCUT2D eigenvalue weighted by molar-refractivity contribution is -0.148. The quantitative estimate of drug-likeness (QED) is 0.571. The highest BCUT2D eigenvalue weighted by Crippen LogP contribution is 2.45. The summed E-state index contributed by atoms with van der Waals surface area (Å²) in [5, 5.41) is 0. The zero-order chi connectivity index (χ0) is 9.42. The summed E-state index contributed by atoms with van der Waals surface area (Å²) in [5.74, 6) is 0.412. The van der Waals surface area contributed by atoms with Gasteiger partial charge in [0.2, 0.25) is 0 Å². The van der Waals surface area contributed by atoms with Crippen molar-refractivity contribution in [3.05, 3.63) is 0 Å². The zero-order valence-corrected chi connectivity index (χ0v) is 7.79. The molecule has 3 atom stereocenters. The van der Waals surface area contributed by atoms with Gasteiger partial charge < -0.3 is 4.74 Å². The lowest BCUT2D eigenvalue weighted by Crippen LogP contribution is -2.25. The molecular weight excluding hydrogens is 168 g/mol. The third kappa shape index (κ3) is 1.26. The van der Waals surface area contributed by atoms with Crippen molar-refractivity contribution in [1.82, 2.24) is 0 Å². The Balaban J connectivity index is 2.14. The summed E-state index contributed by atoms with van der Waals surface area (Å²) in [6.45, 7) is 0. The number of rotatable bonds is 1. The molecule has 0 aliphatic heterocycles. The van der Waals surface area contributed by atoms with Crippen LogP contribution in [0.1, 0.15) is 25.7 Å². The molecule has 0 unspecified atom stereocenters. The third-order valence-corrected chi connectivity index (χ3v) is 3.43. The van der Waals surface area contributed by atoms with E-state index in [1.54, 1.807) is 0 Å². The van der Waals surface area contributed by atoms with Crippen LogP contribution in [0.15, 0.2) is 0 Å². The van der Waals surface area contributed by atoms with Crippen LogP contribution >= 0.6 is 0 Å². The SMILES string of the molecule is COC(=O)[C@H]1CC[C@@H]2CCC(=O)[C@@H]21. The summed E-state index contributed by atoms with van der Waals surface area (Å²) in [5.41, 5.74) is 0. The summed E-state index contributed by atoms with van der Waals surface area (Å²) in [4.78, 5) is 22.8.